The summed E-state index contributed by atoms with van der Waals surface area (Å²) >= 11 is 1.39. The predicted octanol–water partition coefficient (Wildman–Crippen LogP) is 4.96. The Kier molecular flexibility index (Phi) is 9.38. The quantitative estimate of drug-likeness (QED) is 0.160. The molecule has 190 valence electrons. The zero-order valence-electron chi connectivity index (χ0n) is 20.4. The number of hydrogen-bond acceptors (Lipinski definition) is 8. The van der Waals surface area contributed by atoms with E-state index >= 15 is 0 Å². The van der Waals surface area contributed by atoms with Crippen LogP contribution in [0.25, 0.3) is 11.1 Å². The molecule has 0 saturated heterocycles. The summed E-state index contributed by atoms with van der Waals surface area (Å²) in [5.74, 6) is 1.14. The normalized spacial score (nSPS) is 11.1. The second kappa shape index (κ2) is 12.5. The fraction of sp³-hybridized carbons (Fsp3) is 0.320. The maximum Gasteiger partial charge on any atom is 0.515 e. The Balaban J connectivity index is 2.03. The third kappa shape index (κ3) is 6.38. The van der Waals surface area contributed by atoms with Gasteiger partial charge in [0.1, 0.15) is 5.82 Å². The summed E-state index contributed by atoms with van der Waals surface area (Å²) in [6, 6.07) is 14.0. The van der Waals surface area contributed by atoms with Crippen molar-refractivity contribution < 1.29 is 22.7 Å². The molecule has 0 aliphatic carbocycles. The number of ether oxygens (including phenoxy) is 2. The maximum atomic E-state index is 12.2. The molecule has 9 nitrogen and oxygen atoms in total. The molecule has 1 N–H and O–H groups in total. The largest absolute Gasteiger partial charge is 0.515 e. The molecule has 3 rings (SSSR count). The maximum absolute atomic E-state index is 12.2. The highest BCUT2D eigenvalue weighted by Crippen LogP contribution is 2.33. The second-order valence-electron chi connectivity index (χ2n) is 7.72. The number of nitriles is 1. The number of carbonyl (C=O) groups is 1. The minimum absolute atomic E-state index is 0.00326. The Morgan fingerprint density at radius 2 is 1.89 bits per heavy atom. The van der Waals surface area contributed by atoms with Crippen LogP contribution in [-0.4, -0.2) is 37.0 Å². The van der Waals surface area contributed by atoms with Gasteiger partial charge in [-0.15, -0.1) is 11.8 Å². The molecule has 0 radical (unpaired) electrons. The lowest BCUT2D eigenvalue weighted by Gasteiger charge is -2.15. The highest BCUT2D eigenvalue weighted by molar-refractivity contribution is 7.98. The van der Waals surface area contributed by atoms with Crippen LogP contribution in [0.15, 0.2) is 58.5 Å². The molecule has 2 aromatic carbocycles. The molecular weight excluding hydrogens is 500 g/mol. The van der Waals surface area contributed by atoms with Crippen LogP contribution in [-0.2, 0) is 27.7 Å². The third-order valence-corrected chi connectivity index (χ3v) is 7.27. The smallest absolute Gasteiger partial charge is 0.434 e. The first-order valence-electron chi connectivity index (χ1n) is 11.4. The van der Waals surface area contributed by atoms with Crippen LogP contribution in [0, 0.1) is 11.5 Å². The van der Waals surface area contributed by atoms with Crippen molar-refractivity contribution in [2.75, 3.05) is 12.9 Å². The lowest BCUT2D eigenvalue weighted by molar-refractivity contribution is 0.0998. The lowest BCUT2D eigenvalue weighted by Crippen LogP contribution is -2.17. The van der Waals surface area contributed by atoms with E-state index in [-0.39, 0.29) is 11.5 Å². The minimum Gasteiger partial charge on any atom is -0.434 e. The Morgan fingerprint density at radius 3 is 2.53 bits per heavy atom. The van der Waals surface area contributed by atoms with Gasteiger partial charge in [0, 0.05) is 6.42 Å². The van der Waals surface area contributed by atoms with Crippen LogP contribution in [0.1, 0.15) is 38.1 Å². The highest BCUT2D eigenvalue weighted by atomic mass is 32.2. The van der Waals surface area contributed by atoms with Gasteiger partial charge in [-0.25, -0.2) is 22.9 Å². The number of aryl methyl sites for hydroxylation is 1. The molecule has 0 bridgehead atoms. The molecule has 0 spiro atoms. The second-order valence-corrected chi connectivity index (χ2v) is 10.2. The van der Waals surface area contributed by atoms with Gasteiger partial charge in [-0.05, 0) is 48.4 Å². The highest BCUT2D eigenvalue weighted by Gasteiger charge is 2.22. The van der Waals surface area contributed by atoms with E-state index in [1.165, 1.54) is 30.1 Å². The summed E-state index contributed by atoms with van der Waals surface area (Å²) in [6.07, 6.45) is 5.17. The number of imidazole rings is 1. The number of nitrogens with one attached hydrogen (secondary N) is 1. The monoisotopic (exact) mass is 528 g/mol. The number of hydrogen-bond donors (Lipinski definition) is 1. The molecule has 0 aliphatic rings. The zero-order chi connectivity index (χ0) is 26.1. The number of unbranched alkanes of at least 4 members (excludes halogenated alkanes) is 1. The van der Waals surface area contributed by atoms with Crippen molar-refractivity contribution in [3.8, 4) is 23.2 Å². The standard InChI is InChI=1S/C25H28N4O5S2/c1-4-6-11-22-28-23(35-3)24(34-25(30)33-5-2)29(22)16-19-9-7-8-10-21(19)18-12-14-20(15-13-18)36(31,32)27-17-26/h7-10,12-15,27H,4-6,11,16H2,1-3H3. The SMILES string of the molecule is CCCCc1nc(SC)c(OC(=O)OCC)n1Cc1ccccc1-c1ccc(S(=O)(=O)NC#N)cc1. The average Bonchev–Trinajstić information content (AvgIpc) is 3.19. The van der Waals surface area contributed by atoms with Gasteiger partial charge in [-0.1, -0.05) is 49.7 Å². The zero-order valence-corrected chi connectivity index (χ0v) is 22.0. The van der Waals surface area contributed by atoms with E-state index in [9.17, 15) is 13.2 Å². The fourth-order valence-electron chi connectivity index (χ4n) is 3.65. The van der Waals surface area contributed by atoms with Crippen LogP contribution in [0.3, 0.4) is 0 Å². The van der Waals surface area contributed by atoms with Crippen LogP contribution in [0.4, 0.5) is 4.79 Å². The van der Waals surface area contributed by atoms with Crippen LogP contribution < -0.4 is 9.46 Å². The van der Waals surface area contributed by atoms with E-state index in [1.54, 1.807) is 19.1 Å². The van der Waals surface area contributed by atoms with Crippen molar-refractivity contribution in [1.29, 1.82) is 5.26 Å². The van der Waals surface area contributed by atoms with Crippen LogP contribution in [0.5, 0.6) is 5.88 Å². The summed E-state index contributed by atoms with van der Waals surface area (Å²) in [6.45, 7) is 4.39. The van der Waals surface area contributed by atoms with Gasteiger partial charge in [0.15, 0.2) is 11.2 Å². The molecular formula is C25H28N4O5S2. The number of thioether (sulfide) groups is 1. The number of sulfonamides is 1. The van der Waals surface area contributed by atoms with Gasteiger partial charge < -0.3 is 9.47 Å². The van der Waals surface area contributed by atoms with Gasteiger partial charge in [-0.3, -0.25) is 4.57 Å². The van der Waals surface area contributed by atoms with E-state index in [1.807, 2.05) is 39.8 Å². The molecule has 0 atom stereocenters. The summed E-state index contributed by atoms with van der Waals surface area (Å²) in [4.78, 5) is 16.9. The van der Waals surface area contributed by atoms with Crippen molar-refractivity contribution in [3.63, 3.8) is 0 Å². The van der Waals surface area contributed by atoms with E-state index in [0.717, 1.165) is 41.8 Å². The molecule has 3 aromatic rings. The lowest BCUT2D eigenvalue weighted by atomic mass is 9.99. The molecule has 1 heterocycles. The Bertz CT molecular complexity index is 1350. The van der Waals surface area contributed by atoms with Crippen molar-refractivity contribution in [3.05, 3.63) is 59.9 Å². The average molecular weight is 529 g/mol. The van der Waals surface area contributed by atoms with E-state index in [2.05, 4.69) is 6.92 Å². The molecule has 1 aromatic heterocycles. The topological polar surface area (TPSA) is 123 Å². The van der Waals surface area contributed by atoms with E-state index in [4.69, 9.17) is 19.7 Å². The first-order chi connectivity index (χ1) is 17.3. The molecule has 0 amide bonds. The van der Waals surface area contributed by atoms with E-state index < -0.39 is 16.2 Å². The Labute approximate surface area is 215 Å². The first kappa shape index (κ1) is 27.1. The van der Waals surface area contributed by atoms with Crippen molar-refractivity contribution in [1.82, 2.24) is 14.3 Å². The first-order valence-corrected chi connectivity index (χ1v) is 14.1. The minimum atomic E-state index is -3.89. The van der Waals surface area contributed by atoms with Crippen LogP contribution >= 0.6 is 11.8 Å². The molecule has 0 saturated carbocycles. The number of rotatable bonds is 11. The fourth-order valence-corrected chi connectivity index (χ4v) is 4.90. The number of benzene rings is 2. The molecule has 0 fully saturated rings. The Morgan fingerprint density at radius 1 is 1.17 bits per heavy atom. The molecule has 11 heteroatoms. The van der Waals surface area contributed by atoms with Gasteiger partial charge in [0.05, 0.1) is 18.0 Å². The third-order valence-electron chi connectivity index (χ3n) is 5.36. The van der Waals surface area contributed by atoms with Gasteiger partial charge >= 0.3 is 6.16 Å². The summed E-state index contributed by atoms with van der Waals surface area (Å²) in [5, 5.41) is 9.29. The molecule has 0 aliphatic heterocycles. The van der Waals surface area contributed by atoms with Crippen molar-refractivity contribution in [2.24, 2.45) is 0 Å². The van der Waals surface area contributed by atoms with Crippen molar-refractivity contribution in [2.45, 2.75) is 49.6 Å². The van der Waals surface area contributed by atoms with Gasteiger partial charge in [0.2, 0.25) is 5.88 Å². The van der Waals surface area contributed by atoms with E-state index in [0.29, 0.717) is 17.5 Å². The Hall–Kier alpha value is -3.49. The summed E-state index contributed by atoms with van der Waals surface area (Å²) < 4.78 is 38.5. The van der Waals surface area contributed by atoms with Crippen LogP contribution in [0.2, 0.25) is 0 Å². The summed E-state index contributed by atoms with van der Waals surface area (Å²) in [7, 11) is -3.89. The number of nitrogens with zero attached hydrogens (tertiary/aromatic N) is 3. The van der Waals surface area contributed by atoms with Crippen molar-refractivity contribution >= 4 is 27.9 Å². The number of carbonyl (C=O) groups excluding carboxylic acids is 1. The predicted molar refractivity (Wildman–Crippen MR) is 137 cm³/mol. The molecule has 36 heavy (non-hydrogen) atoms. The van der Waals surface area contributed by atoms with Gasteiger partial charge in [0.25, 0.3) is 10.0 Å². The summed E-state index contributed by atoms with van der Waals surface area (Å²) in [5.41, 5.74) is 2.62. The van der Waals surface area contributed by atoms with Gasteiger partial charge in [-0.2, -0.15) is 5.26 Å². The molecule has 0 unspecified atom stereocenters. The number of aromatic nitrogens is 2.